The van der Waals surface area contributed by atoms with Crippen LogP contribution in [0.4, 0.5) is 5.69 Å². The van der Waals surface area contributed by atoms with Crippen LogP contribution in [-0.2, 0) is 18.3 Å². The van der Waals surface area contributed by atoms with Gasteiger partial charge in [0.1, 0.15) is 0 Å². The Balaban J connectivity index is 1.51. The number of rotatable bonds is 9. The molecule has 150 valence electrons. The quantitative estimate of drug-likeness (QED) is 0.483. The van der Waals surface area contributed by atoms with Crippen LogP contribution in [0.15, 0.2) is 67.0 Å². The molecule has 0 saturated carbocycles. The van der Waals surface area contributed by atoms with Crippen LogP contribution in [0.5, 0.6) is 0 Å². The number of carbonyl (C=O) groups is 2. The highest BCUT2D eigenvalue weighted by molar-refractivity contribution is 6.07. The Kier molecular flexibility index (Phi) is 6.89. The monoisotopic (exact) mass is 392 g/mol. The Hall–Kier alpha value is -3.29. The Labute approximate surface area is 169 Å². The summed E-state index contributed by atoms with van der Waals surface area (Å²) in [4.78, 5) is 28.7. The molecule has 0 aliphatic rings. The minimum Gasteiger partial charge on any atom is -0.395 e. The first kappa shape index (κ1) is 20.4. The number of nitrogens with zero attached hydrogens (tertiary/aromatic N) is 2. The van der Waals surface area contributed by atoms with Gasteiger partial charge in [0.25, 0.3) is 0 Å². The molecule has 1 heterocycles. The Morgan fingerprint density at radius 3 is 2.45 bits per heavy atom. The molecule has 3 rings (SSSR count). The number of carbonyl (C=O) groups excluding carboxylic acids is 2. The molecule has 0 spiro atoms. The van der Waals surface area contributed by atoms with Crippen molar-refractivity contribution in [2.24, 2.45) is 7.05 Å². The minimum atomic E-state index is -0.223. The molecule has 0 bridgehead atoms. The summed E-state index contributed by atoms with van der Waals surface area (Å²) in [6.45, 7) is 0.0121. The lowest BCUT2D eigenvalue weighted by atomic mass is 10.1. The second-order valence-corrected chi connectivity index (χ2v) is 6.77. The maximum atomic E-state index is 12.4. The number of benzene rings is 2. The molecule has 1 aromatic heterocycles. The molecule has 0 radical (unpaired) electrons. The van der Waals surface area contributed by atoms with Gasteiger partial charge in [-0.2, -0.15) is 0 Å². The average Bonchev–Trinajstić information content (AvgIpc) is 3.17. The fraction of sp³-hybridized carbons (Fsp3) is 0.227. The van der Waals surface area contributed by atoms with Crippen molar-refractivity contribution in [1.82, 2.24) is 14.9 Å². The van der Waals surface area contributed by atoms with Crippen LogP contribution >= 0.6 is 0 Å². The van der Waals surface area contributed by atoms with E-state index in [0.29, 0.717) is 23.5 Å². The minimum absolute atomic E-state index is 0.0633. The van der Waals surface area contributed by atoms with Gasteiger partial charge in [0, 0.05) is 36.7 Å². The molecule has 7 heteroatoms. The number of hydrogen-bond donors (Lipinski definition) is 3. The van der Waals surface area contributed by atoms with E-state index in [9.17, 15) is 14.7 Å². The summed E-state index contributed by atoms with van der Waals surface area (Å²) in [5, 5.41) is 15.4. The summed E-state index contributed by atoms with van der Waals surface area (Å²) in [6.07, 6.45) is 3.92. The third-order valence-electron chi connectivity index (χ3n) is 4.55. The molecule has 1 atom stereocenters. The van der Waals surface area contributed by atoms with Crippen LogP contribution in [0.3, 0.4) is 0 Å². The lowest BCUT2D eigenvalue weighted by Crippen LogP contribution is -2.39. The van der Waals surface area contributed by atoms with Gasteiger partial charge in [-0.1, -0.05) is 30.3 Å². The molecule has 3 N–H and O–H groups in total. The van der Waals surface area contributed by atoms with E-state index >= 15 is 0 Å². The van der Waals surface area contributed by atoms with Gasteiger partial charge < -0.3 is 20.3 Å². The highest BCUT2D eigenvalue weighted by atomic mass is 16.3. The van der Waals surface area contributed by atoms with E-state index < -0.39 is 0 Å². The molecular formula is C22H24N4O3. The molecule has 0 aliphatic carbocycles. The number of ketones is 1. The summed E-state index contributed by atoms with van der Waals surface area (Å²) in [5.41, 5.74) is 2.18. The van der Waals surface area contributed by atoms with Crippen LogP contribution in [0.1, 0.15) is 21.7 Å². The number of anilines is 1. The molecule has 1 amide bonds. The van der Waals surface area contributed by atoms with E-state index in [4.69, 9.17) is 0 Å². The lowest BCUT2D eigenvalue weighted by molar-refractivity contribution is -0.115. The summed E-state index contributed by atoms with van der Waals surface area (Å²) in [7, 11) is 1.76. The molecule has 2 aromatic carbocycles. The zero-order chi connectivity index (χ0) is 20.6. The van der Waals surface area contributed by atoms with Crippen molar-refractivity contribution in [1.29, 1.82) is 0 Å². The topological polar surface area (TPSA) is 96.2 Å². The SMILES string of the molecule is Cn1ccnc1C(=O)c1ccc(NC(=O)CNC(CO)Cc2ccccc2)cc1. The van der Waals surface area contributed by atoms with Crippen LogP contribution < -0.4 is 10.6 Å². The molecule has 0 aliphatic heterocycles. The fourth-order valence-electron chi connectivity index (χ4n) is 2.96. The number of aliphatic hydroxyl groups is 1. The van der Waals surface area contributed by atoms with Gasteiger partial charge in [-0.15, -0.1) is 0 Å². The Bertz CT molecular complexity index is 952. The normalized spacial score (nSPS) is 11.8. The summed E-state index contributed by atoms with van der Waals surface area (Å²) in [5.74, 6) is -0.0390. The summed E-state index contributed by atoms with van der Waals surface area (Å²) in [6, 6.07) is 16.3. The first-order chi connectivity index (χ1) is 14.1. The van der Waals surface area contributed by atoms with Crippen molar-refractivity contribution in [3.63, 3.8) is 0 Å². The van der Waals surface area contributed by atoms with Crippen molar-refractivity contribution in [3.05, 3.63) is 83.9 Å². The first-order valence-corrected chi connectivity index (χ1v) is 9.37. The van der Waals surface area contributed by atoms with E-state index in [1.54, 1.807) is 48.3 Å². The number of aliphatic hydroxyl groups excluding tert-OH is 1. The number of aryl methyl sites for hydroxylation is 1. The predicted molar refractivity (Wildman–Crippen MR) is 111 cm³/mol. The van der Waals surface area contributed by atoms with Gasteiger partial charge >= 0.3 is 0 Å². The third kappa shape index (κ3) is 5.60. The van der Waals surface area contributed by atoms with Crippen molar-refractivity contribution >= 4 is 17.4 Å². The summed E-state index contributed by atoms with van der Waals surface area (Å²) < 4.78 is 1.66. The smallest absolute Gasteiger partial charge is 0.238 e. The number of imidazole rings is 1. The van der Waals surface area contributed by atoms with Crippen molar-refractivity contribution in [2.75, 3.05) is 18.5 Å². The number of aromatic nitrogens is 2. The average molecular weight is 392 g/mol. The van der Waals surface area contributed by atoms with Crippen LogP contribution in [0.25, 0.3) is 0 Å². The van der Waals surface area contributed by atoms with Gasteiger partial charge in [-0.25, -0.2) is 4.98 Å². The van der Waals surface area contributed by atoms with Gasteiger partial charge in [-0.05, 0) is 36.2 Å². The van der Waals surface area contributed by atoms with Crippen molar-refractivity contribution in [2.45, 2.75) is 12.5 Å². The number of amides is 1. The zero-order valence-corrected chi connectivity index (χ0v) is 16.2. The molecule has 0 fully saturated rings. The molecular weight excluding hydrogens is 368 g/mol. The predicted octanol–water partition coefficient (Wildman–Crippen LogP) is 1.78. The highest BCUT2D eigenvalue weighted by Crippen LogP contribution is 2.13. The molecule has 0 saturated heterocycles. The molecule has 7 nitrogen and oxygen atoms in total. The maximum absolute atomic E-state index is 12.4. The molecule has 3 aromatic rings. The Morgan fingerprint density at radius 1 is 1.10 bits per heavy atom. The van der Waals surface area contributed by atoms with E-state index in [2.05, 4.69) is 15.6 Å². The fourth-order valence-corrected chi connectivity index (χ4v) is 2.96. The lowest BCUT2D eigenvalue weighted by Gasteiger charge is -2.16. The van der Waals surface area contributed by atoms with Crippen LogP contribution in [0, 0.1) is 0 Å². The molecule has 1 unspecified atom stereocenters. The number of nitrogens with one attached hydrogen (secondary N) is 2. The zero-order valence-electron chi connectivity index (χ0n) is 16.2. The standard InChI is InChI=1S/C22H24N4O3/c1-26-12-11-23-22(26)21(29)17-7-9-18(10-8-17)25-20(28)14-24-19(15-27)13-16-5-3-2-4-6-16/h2-12,19,24,27H,13-15H2,1H3,(H,25,28). The van der Waals surface area contributed by atoms with Gasteiger partial charge in [0.05, 0.1) is 13.2 Å². The largest absolute Gasteiger partial charge is 0.395 e. The molecule has 29 heavy (non-hydrogen) atoms. The van der Waals surface area contributed by atoms with Gasteiger partial charge in [0.2, 0.25) is 11.7 Å². The first-order valence-electron chi connectivity index (χ1n) is 9.37. The second-order valence-electron chi connectivity index (χ2n) is 6.77. The third-order valence-corrected chi connectivity index (χ3v) is 4.55. The van der Waals surface area contributed by atoms with E-state index in [0.717, 1.165) is 5.56 Å². The maximum Gasteiger partial charge on any atom is 0.238 e. The van der Waals surface area contributed by atoms with Gasteiger partial charge in [-0.3, -0.25) is 9.59 Å². The van der Waals surface area contributed by atoms with E-state index in [1.165, 1.54) is 0 Å². The van der Waals surface area contributed by atoms with Crippen molar-refractivity contribution < 1.29 is 14.7 Å². The van der Waals surface area contributed by atoms with Gasteiger partial charge in [0.15, 0.2) is 5.82 Å². The van der Waals surface area contributed by atoms with E-state index in [-0.39, 0.29) is 30.9 Å². The highest BCUT2D eigenvalue weighted by Gasteiger charge is 2.14. The Morgan fingerprint density at radius 2 is 1.83 bits per heavy atom. The summed E-state index contributed by atoms with van der Waals surface area (Å²) >= 11 is 0. The van der Waals surface area contributed by atoms with E-state index in [1.807, 2.05) is 30.3 Å². The van der Waals surface area contributed by atoms with Crippen molar-refractivity contribution in [3.8, 4) is 0 Å². The van der Waals surface area contributed by atoms with Crippen LogP contribution in [-0.4, -0.2) is 45.5 Å². The second kappa shape index (κ2) is 9.77. The van der Waals surface area contributed by atoms with Crippen LogP contribution in [0.2, 0.25) is 0 Å². The number of hydrogen-bond acceptors (Lipinski definition) is 5.